The van der Waals surface area contributed by atoms with Gasteiger partial charge in [-0.3, -0.25) is 0 Å². The van der Waals surface area contributed by atoms with E-state index in [1.807, 2.05) is 6.92 Å². The van der Waals surface area contributed by atoms with Crippen molar-refractivity contribution in [3.8, 4) is 0 Å². The van der Waals surface area contributed by atoms with Crippen molar-refractivity contribution in [3.05, 3.63) is 11.8 Å². The summed E-state index contributed by atoms with van der Waals surface area (Å²) in [7, 11) is 1.30. The predicted molar refractivity (Wildman–Crippen MR) is 54.0 cm³/mol. The number of ether oxygens (including phenoxy) is 2. The fourth-order valence-electron chi connectivity index (χ4n) is 2.69. The number of methoxy groups -OCH3 is 1. The lowest BCUT2D eigenvalue weighted by molar-refractivity contribution is -0.145. The minimum absolute atomic E-state index is 0.0895. The zero-order valence-electron chi connectivity index (χ0n) is 9.29. The number of hydrogen-bond donors (Lipinski definition) is 2. The fourth-order valence-corrected chi connectivity index (χ4v) is 2.69. The van der Waals surface area contributed by atoms with Crippen LogP contribution in [0.15, 0.2) is 11.8 Å². The lowest BCUT2D eigenvalue weighted by atomic mass is 9.83. The molecule has 90 valence electrons. The van der Waals surface area contributed by atoms with E-state index in [0.717, 1.165) is 0 Å². The number of hydrogen-bond acceptors (Lipinski definition) is 5. The Bertz CT molecular complexity index is 324. The van der Waals surface area contributed by atoms with Gasteiger partial charge in [-0.1, -0.05) is 6.92 Å². The van der Waals surface area contributed by atoms with E-state index in [0.29, 0.717) is 12.0 Å². The average Bonchev–Trinajstić information content (AvgIpc) is 2.56. The number of aliphatic hydroxyl groups is 2. The van der Waals surface area contributed by atoms with Crippen LogP contribution in [0.1, 0.15) is 13.3 Å². The molecule has 0 spiro atoms. The number of fused-ring (bicyclic) bond motifs is 1. The van der Waals surface area contributed by atoms with E-state index >= 15 is 0 Å². The van der Waals surface area contributed by atoms with Gasteiger partial charge in [0.05, 0.1) is 25.0 Å². The molecule has 2 unspecified atom stereocenters. The molecule has 0 saturated heterocycles. The molecule has 0 aromatic carbocycles. The quantitative estimate of drug-likeness (QED) is 0.619. The summed E-state index contributed by atoms with van der Waals surface area (Å²) < 4.78 is 9.68. The Hall–Kier alpha value is -1.07. The fraction of sp³-hybridized carbons (Fsp3) is 0.727. The van der Waals surface area contributed by atoms with Gasteiger partial charge in [-0.05, 0) is 12.3 Å². The zero-order valence-corrected chi connectivity index (χ0v) is 9.29. The molecule has 1 aliphatic carbocycles. The summed E-state index contributed by atoms with van der Waals surface area (Å²) in [5.74, 6) is -0.966. The van der Waals surface area contributed by atoms with Crippen LogP contribution in [-0.2, 0) is 14.3 Å². The predicted octanol–water partition coefficient (Wildman–Crippen LogP) is 0.0250. The number of aliphatic hydroxyl groups excluding tert-OH is 2. The van der Waals surface area contributed by atoms with Crippen molar-refractivity contribution in [2.24, 2.45) is 17.8 Å². The maximum atomic E-state index is 11.5. The van der Waals surface area contributed by atoms with Gasteiger partial charge in [-0.25, -0.2) is 4.79 Å². The highest BCUT2D eigenvalue weighted by molar-refractivity contribution is 5.89. The van der Waals surface area contributed by atoms with E-state index in [-0.39, 0.29) is 17.8 Å². The number of esters is 1. The molecule has 5 heteroatoms. The van der Waals surface area contributed by atoms with Gasteiger partial charge in [0.2, 0.25) is 0 Å². The van der Waals surface area contributed by atoms with Crippen LogP contribution >= 0.6 is 0 Å². The Labute approximate surface area is 93.7 Å². The highest BCUT2D eigenvalue weighted by Crippen LogP contribution is 2.45. The van der Waals surface area contributed by atoms with Crippen LogP contribution in [0, 0.1) is 17.8 Å². The lowest BCUT2D eigenvalue weighted by Crippen LogP contribution is -2.36. The molecule has 0 aromatic rings. The van der Waals surface area contributed by atoms with Gasteiger partial charge in [0.25, 0.3) is 0 Å². The van der Waals surface area contributed by atoms with Gasteiger partial charge >= 0.3 is 5.97 Å². The number of rotatable bonds is 1. The van der Waals surface area contributed by atoms with Crippen LogP contribution in [0.4, 0.5) is 0 Å². The van der Waals surface area contributed by atoms with E-state index in [4.69, 9.17) is 4.74 Å². The Morgan fingerprint density at radius 1 is 1.56 bits per heavy atom. The maximum absolute atomic E-state index is 11.5. The second-order valence-corrected chi connectivity index (χ2v) is 4.44. The molecular weight excluding hydrogens is 212 g/mol. The largest absolute Gasteiger partial charge is 0.472 e. The Balaban J connectivity index is 2.28. The molecule has 1 fully saturated rings. The first-order valence-corrected chi connectivity index (χ1v) is 5.36. The third-order valence-electron chi connectivity index (χ3n) is 3.66. The van der Waals surface area contributed by atoms with Gasteiger partial charge in [0.1, 0.15) is 0 Å². The molecule has 1 aliphatic heterocycles. The SMILES string of the molecule is COC(=O)C1=CO[C@@H](O)[C@@H]2C(C)C(O)C[C@H]12. The van der Waals surface area contributed by atoms with Crippen molar-refractivity contribution in [1.29, 1.82) is 0 Å². The third-order valence-corrected chi connectivity index (χ3v) is 3.66. The van der Waals surface area contributed by atoms with E-state index in [1.54, 1.807) is 0 Å². The molecule has 5 nitrogen and oxygen atoms in total. The summed E-state index contributed by atoms with van der Waals surface area (Å²) >= 11 is 0. The minimum Gasteiger partial charge on any atom is -0.472 e. The molecule has 0 radical (unpaired) electrons. The summed E-state index contributed by atoms with van der Waals surface area (Å²) in [6.07, 6.45) is 0.250. The summed E-state index contributed by atoms with van der Waals surface area (Å²) in [6, 6.07) is 0. The van der Waals surface area contributed by atoms with Crippen molar-refractivity contribution >= 4 is 5.97 Å². The molecule has 0 bridgehead atoms. The second-order valence-electron chi connectivity index (χ2n) is 4.44. The molecule has 2 rings (SSSR count). The smallest absolute Gasteiger partial charge is 0.337 e. The monoisotopic (exact) mass is 228 g/mol. The average molecular weight is 228 g/mol. The lowest BCUT2D eigenvalue weighted by Gasteiger charge is -2.31. The van der Waals surface area contributed by atoms with Crippen molar-refractivity contribution in [2.45, 2.75) is 25.7 Å². The third kappa shape index (κ3) is 1.60. The first-order chi connectivity index (χ1) is 7.56. The standard InChI is InChI=1S/C11H16O5/c1-5-8(12)3-6-7(10(13)15-2)4-16-11(14)9(5)6/h4-6,8-9,11-12,14H,3H2,1-2H3/t5?,6-,8?,9-,11-/m1/s1. The van der Waals surface area contributed by atoms with Crippen molar-refractivity contribution in [2.75, 3.05) is 7.11 Å². The van der Waals surface area contributed by atoms with Crippen LogP contribution in [-0.4, -0.2) is 35.7 Å². The maximum Gasteiger partial charge on any atom is 0.337 e. The van der Waals surface area contributed by atoms with E-state index in [1.165, 1.54) is 13.4 Å². The van der Waals surface area contributed by atoms with Crippen molar-refractivity contribution in [3.63, 3.8) is 0 Å². The van der Waals surface area contributed by atoms with Crippen LogP contribution in [0.2, 0.25) is 0 Å². The molecule has 16 heavy (non-hydrogen) atoms. The first kappa shape index (κ1) is 11.4. The van der Waals surface area contributed by atoms with Gasteiger partial charge in [0.15, 0.2) is 6.29 Å². The summed E-state index contributed by atoms with van der Waals surface area (Å²) in [5, 5.41) is 19.5. The first-order valence-electron chi connectivity index (χ1n) is 5.36. The minimum atomic E-state index is -0.953. The second kappa shape index (κ2) is 4.07. The molecule has 2 aliphatic rings. The Morgan fingerprint density at radius 3 is 2.88 bits per heavy atom. The molecule has 0 aromatic heterocycles. The van der Waals surface area contributed by atoms with Crippen LogP contribution in [0.3, 0.4) is 0 Å². The van der Waals surface area contributed by atoms with E-state index < -0.39 is 18.4 Å². The van der Waals surface area contributed by atoms with Gasteiger partial charge in [0, 0.05) is 11.8 Å². The van der Waals surface area contributed by atoms with Crippen LogP contribution < -0.4 is 0 Å². The van der Waals surface area contributed by atoms with Gasteiger partial charge in [-0.2, -0.15) is 0 Å². The molecule has 5 atom stereocenters. The van der Waals surface area contributed by atoms with E-state index in [9.17, 15) is 15.0 Å². The number of carbonyl (C=O) groups excluding carboxylic acids is 1. The topological polar surface area (TPSA) is 76.0 Å². The van der Waals surface area contributed by atoms with Gasteiger partial charge in [-0.15, -0.1) is 0 Å². The summed E-state index contributed by atoms with van der Waals surface area (Å²) in [6.45, 7) is 1.85. The van der Waals surface area contributed by atoms with Crippen LogP contribution in [0.5, 0.6) is 0 Å². The summed E-state index contributed by atoms with van der Waals surface area (Å²) in [5.41, 5.74) is 0.404. The molecule has 1 heterocycles. The molecule has 0 amide bonds. The normalized spacial score (nSPS) is 42.0. The Kier molecular flexibility index (Phi) is 2.90. The van der Waals surface area contributed by atoms with Gasteiger partial charge < -0.3 is 19.7 Å². The zero-order chi connectivity index (χ0) is 11.9. The molecule has 2 N–H and O–H groups in total. The molecular formula is C11H16O5. The van der Waals surface area contributed by atoms with Crippen molar-refractivity contribution < 1.29 is 24.5 Å². The summed E-state index contributed by atoms with van der Waals surface area (Å²) in [4.78, 5) is 11.5. The molecule has 1 saturated carbocycles. The van der Waals surface area contributed by atoms with Crippen LogP contribution in [0.25, 0.3) is 0 Å². The van der Waals surface area contributed by atoms with Crippen molar-refractivity contribution in [1.82, 2.24) is 0 Å². The Morgan fingerprint density at radius 2 is 2.25 bits per heavy atom. The van der Waals surface area contributed by atoms with E-state index in [2.05, 4.69) is 4.74 Å². The number of carbonyl (C=O) groups is 1. The highest BCUT2D eigenvalue weighted by atomic mass is 16.6. The highest BCUT2D eigenvalue weighted by Gasteiger charge is 2.49.